The molecular weight excluding hydrogens is 380 g/mol. The number of para-hydroxylation sites is 1. The first kappa shape index (κ1) is 20.6. The molecule has 3 aromatic rings. The number of nitrogens with zero attached hydrogens (tertiary/aromatic N) is 2. The zero-order chi connectivity index (χ0) is 21.5. The van der Waals surface area contributed by atoms with E-state index in [1.165, 1.54) is 10.7 Å². The van der Waals surface area contributed by atoms with Crippen molar-refractivity contribution in [3.8, 4) is 0 Å². The Morgan fingerprint density at radius 2 is 1.71 bits per heavy atom. The van der Waals surface area contributed by atoms with Crippen LogP contribution in [-0.2, 0) is 6.54 Å². The molecule has 0 spiro atoms. The molecular formula is C27H28N4. The zero-order valence-corrected chi connectivity index (χ0v) is 17.7. The summed E-state index contributed by atoms with van der Waals surface area (Å²) in [5.74, 6) is 6.25. The van der Waals surface area contributed by atoms with Gasteiger partial charge in [-0.25, -0.2) is 11.0 Å². The van der Waals surface area contributed by atoms with E-state index in [9.17, 15) is 0 Å². The van der Waals surface area contributed by atoms with Gasteiger partial charge in [-0.3, -0.25) is 0 Å². The van der Waals surface area contributed by atoms with Crippen molar-refractivity contribution in [1.82, 2.24) is 5.12 Å². The number of nitrogens with two attached hydrogens (primary N) is 1. The van der Waals surface area contributed by atoms with Crippen LogP contribution < -0.4 is 11.2 Å². The number of nitrogens with one attached hydrogen (secondary N) is 1. The molecule has 4 nitrogen and oxygen atoms in total. The van der Waals surface area contributed by atoms with Gasteiger partial charge in [0.15, 0.2) is 0 Å². The van der Waals surface area contributed by atoms with Crippen molar-refractivity contribution >= 4 is 11.9 Å². The third kappa shape index (κ3) is 5.30. The van der Waals surface area contributed by atoms with Crippen molar-refractivity contribution < 1.29 is 0 Å². The van der Waals surface area contributed by atoms with Crippen molar-refractivity contribution in [3.05, 3.63) is 126 Å². The quantitative estimate of drug-likeness (QED) is 0.309. The number of allylic oxidation sites excluding steroid dienone is 2. The van der Waals surface area contributed by atoms with E-state index in [2.05, 4.69) is 72.0 Å². The number of hydrazone groups is 1. The maximum absolute atomic E-state index is 6.07. The van der Waals surface area contributed by atoms with Crippen LogP contribution in [0.25, 0.3) is 0 Å². The number of hydrazine groups is 1. The molecule has 4 heteroatoms. The number of anilines is 1. The number of rotatable bonds is 7. The second-order valence-electron chi connectivity index (χ2n) is 7.99. The molecule has 1 aliphatic carbocycles. The Balaban J connectivity index is 1.51. The minimum atomic E-state index is -0.237. The van der Waals surface area contributed by atoms with Gasteiger partial charge < -0.3 is 5.32 Å². The van der Waals surface area contributed by atoms with Crippen molar-refractivity contribution in [2.75, 3.05) is 5.32 Å². The van der Waals surface area contributed by atoms with Gasteiger partial charge in [-0.05, 0) is 41.8 Å². The van der Waals surface area contributed by atoms with Crippen molar-refractivity contribution in [2.45, 2.75) is 24.9 Å². The highest BCUT2D eigenvalue weighted by atomic mass is 15.6. The largest absolute Gasteiger partial charge is 0.375 e. The molecule has 0 amide bonds. The fourth-order valence-electron chi connectivity index (χ4n) is 3.93. The molecule has 0 aromatic heterocycles. The lowest BCUT2D eigenvalue weighted by molar-refractivity contribution is 0.292. The van der Waals surface area contributed by atoms with E-state index in [0.29, 0.717) is 6.54 Å². The maximum Gasteiger partial charge on any atom is 0.0780 e. The molecule has 0 heterocycles. The molecule has 0 saturated heterocycles. The van der Waals surface area contributed by atoms with Crippen LogP contribution >= 0.6 is 0 Å². The fraction of sp³-hybridized carbons (Fsp3) is 0.148. The van der Waals surface area contributed by atoms with Crippen molar-refractivity contribution in [2.24, 2.45) is 10.9 Å². The summed E-state index contributed by atoms with van der Waals surface area (Å²) in [6, 6.07) is 28.9. The summed E-state index contributed by atoms with van der Waals surface area (Å²) in [5.41, 5.74) is 4.23. The van der Waals surface area contributed by atoms with Crippen LogP contribution in [0.3, 0.4) is 0 Å². The van der Waals surface area contributed by atoms with Crippen LogP contribution in [0.5, 0.6) is 0 Å². The predicted molar refractivity (Wildman–Crippen MR) is 130 cm³/mol. The minimum Gasteiger partial charge on any atom is -0.375 e. The number of hydrogen-bond acceptors (Lipinski definition) is 4. The maximum atomic E-state index is 6.07. The van der Waals surface area contributed by atoms with Crippen molar-refractivity contribution in [1.29, 1.82) is 0 Å². The average Bonchev–Trinajstić information content (AvgIpc) is 2.79. The molecule has 0 radical (unpaired) electrons. The third-order valence-corrected chi connectivity index (χ3v) is 5.50. The van der Waals surface area contributed by atoms with Gasteiger partial charge in [0.1, 0.15) is 0 Å². The van der Waals surface area contributed by atoms with Crippen LogP contribution in [0.4, 0.5) is 5.69 Å². The third-order valence-electron chi connectivity index (χ3n) is 5.50. The monoisotopic (exact) mass is 408 g/mol. The second kappa shape index (κ2) is 9.45. The van der Waals surface area contributed by atoms with Gasteiger partial charge in [-0.2, -0.15) is 5.10 Å². The lowest BCUT2D eigenvalue weighted by Gasteiger charge is -2.37. The molecule has 0 fully saturated rings. The van der Waals surface area contributed by atoms with Crippen LogP contribution in [0.15, 0.2) is 114 Å². The molecule has 1 aliphatic rings. The second-order valence-corrected chi connectivity index (χ2v) is 7.99. The summed E-state index contributed by atoms with van der Waals surface area (Å²) >= 11 is 0. The summed E-state index contributed by atoms with van der Waals surface area (Å²) in [6.45, 7) is 2.79. The van der Waals surface area contributed by atoms with E-state index < -0.39 is 0 Å². The molecule has 3 N–H and O–H groups in total. The van der Waals surface area contributed by atoms with E-state index in [1.54, 1.807) is 0 Å². The van der Waals surface area contributed by atoms with Gasteiger partial charge in [0.2, 0.25) is 0 Å². The van der Waals surface area contributed by atoms with Crippen LogP contribution in [0, 0.1) is 0 Å². The van der Waals surface area contributed by atoms with Gasteiger partial charge in [-0.15, -0.1) is 0 Å². The Bertz CT molecular complexity index is 1070. The zero-order valence-electron chi connectivity index (χ0n) is 17.7. The van der Waals surface area contributed by atoms with Gasteiger partial charge in [0.25, 0.3) is 0 Å². The number of benzene rings is 3. The molecule has 3 aromatic carbocycles. The first-order chi connectivity index (χ1) is 15.1. The van der Waals surface area contributed by atoms with E-state index >= 15 is 0 Å². The Morgan fingerprint density at radius 1 is 0.968 bits per heavy atom. The average molecular weight is 409 g/mol. The summed E-state index contributed by atoms with van der Waals surface area (Å²) < 4.78 is 0. The predicted octanol–water partition coefficient (Wildman–Crippen LogP) is 5.48. The SMILES string of the molecule is CC1(Nc2ccccc2)C=CC=CC1c1cccc(/C=N/N(N)Cc2ccccc2)c1. The topological polar surface area (TPSA) is 53.7 Å². The molecule has 156 valence electrons. The summed E-state index contributed by atoms with van der Waals surface area (Å²) in [7, 11) is 0. The molecule has 0 bridgehead atoms. The van der Waals surface area contributed by atoms with E-state index in [4.69, 9.17) is 5.84 Å². The summed E-state index contributed by atoms with van der Waals surface area (Å²) in [6.07, 6.45) is 10.5. The highest BCUT2D eigenvalue weighted by molar-refractivity contribution is 5.79. The lowest BCUT2D eigenvalue weighted by Crippen LogP contribution is -2.39. The fourth-order valence-corrected chi connectivity index (χ4v) is 3.93. The number of hydrogen-bond donors (Lipinski definition) is 2. The standard InChI is InChI=1S/C27H28N4/c1-27(30-25-15-6-3-7-16-25)18-9-8-17-26(27)24-14-10-13-23(19-24)20-29-31(28)21-22-11-4-2-5-12-22/h2-20,26,30H,21,28H2,1H3/b29-20+. The molecule has 31 heavy (non-hydrogen) atoms. The molecule has 0 saturated carbocycles. The smallest absolute Gasteiger partial charge is 0.0780 e. The van der Waals surface area contributed by atoms with Crippen LogP contribution in [0.1, 0.15) is 29.5 Å². The molecule has 4 rings (SSSR count). The van der Waals surface area contributed by atoms with Gasteiger partial charge in [0.05, 0.1) is 18.3 Å². The molecule has 2 atom stereocenters. The van der Waals surface area contributed by atoms with E-state index in [0.717, 1.165) is 16.8 Å². The van der Waals surface area contributed by atoms with Crippen molar-refractivity contribution in [3.63, 3.8) is 0 Å². The molecule has 2 unspecified atom stereocenters. The Labute approximate surface area is 184 Å². The van der Waals surface area contributed by atoms with Crippen LogP contribution in [0.2, 0.25) is 0 Å². The minimum absolute atomic E-state index is 0.185. The summed E-state index contributed by atoms with van der Waals surface area (Å²) in [4.78, 5) is 0. The Kier molecular flexibility index (Phi) is 6.29. The van der Waals surface area contributed by atoms with Gasteiger partial charge in [-0.1, -0.05) is 91.0 Å². The highest BCUT2D eigenvalue weighted by Crippen LogP contribution is 2.36. The normalized spacial score (nSPS) is 20.1. The van der Waals surface area contributed by atoms with E-state index in [1.807, 2.05) is 60.8 Å². The highest BCUT2D eigenvalue weighted by Gasteiger charge is 2.32. The van der Waals surface area contributed by atoms with Gasteiger partial charge >= 0.3 is 0 Å². The first-order valence-electron chi connectivity index (χ1n) is 10.5. The van der Waals surface area contributed by atoms with Gasteiger partial charge in [0, 0.05) is 11.6 Å². The Morgan fingerprint density at radius 3 is 2.48 bits per heavy atom. The molecule has 0 aliphatic heterocycles. The lowest BCUT2D eigenvalue weighted by atomic mass is 9.77. The van der Waals surface area contributed by atoms with E-state index in [-0.39, 0.29) is 11.5 Å². The summed E-state index contributed by atoms with van der Waals surface area (Å²) in [5, 5.41) is 9.59. The Hall–Kier alpha value is -3.63. The first-order valence-corrected chi connectivity index (χ1v) is 10.5. The van der Waals surface area contributed by atoms with Crippen LogP contribution in [-0.4, -0.2) is 16.9 Å².